The molecule has 0 bridgehead atoms. The molecule has 2 heteroatoms. The number of rotatable bonds is 1. The van der Waals surface area contributed by atoms with E-state index in [1.807, 2.05) is 13.8 Å². The van der Waals surface area contributed by atoms with E-state index >= 15 is 0 Å². The zero-order valence-corrected chi connectivity index (χ0v) is 7.24. The van der Waals surface area contributed by atoms with E-state index in [1.165, 1.54) is 0 Å². The molecule has 0 N–H and O–H groups in total. The molecule has 11 heavy (non-hydrogen) atoms. The molecule has 1 aliphatic rings. The van der Waals surface area contributed by atoms with Crippen molar-refractivity contribution >= 4 is 0 Å². The second kappa shape index (κ2) is 3.08. The van der Waals surface area contributed by atoms with Crippen LogP contribution in [0.1, 0.15) is 39.5 Å². The SMILES string of the molecule is CC(C)[C@H]1CCCC(F)(F)C1. The van der Waals surface area contributed by atoms with Crippen LogP contribution in [0.2, 0.25) is 0 Å². The van der Waals surface area contributed by atoms with Crippen molar-refractivity contribution in [3.63, 3.8) is 0 Å². The van der Waals surface area contributed by atoms with Crippen LogP contribution in [0.3, 0.4) is 0 Å². The Morgan fingerprint density at radius 2 is 2.00 bits per heavy atom. The molecule has 0 aromatic heterocycles. The summed E-state index contributed by atoms with van der Waals surface area (Å²) in [5, 5.41) is 0. The van der Waals surface area contributed by atoms with Crippen LogP contribution >= 0.6 is 0 Å². The summed E-state index contributed by atoms with van der Waals surface area (Å²) >= 11 is 0. The van der Waals surface area contributed by atoms with Crippen molar-refractivity contribution in [1.82, 2.24) is 0 Å². The molecule has 1 rings (SSSR count). The molecular weight excluding hydrogens is 146 g/mol. The standard InChI is InChI=1S/C9H16F2/c1-7(2)8-4-3-5-9(10,11)6-8/h7-8H,3-6H2,1-2H3/t8-/m0/s1. The molecule has 1 saturated carbocycles. The zero-order chi connectivity index (χ0) is 8.48. The van der Waals surface area contributed by atoms with E-state index in [4.69, 9.17) is 0 Å². The van der Waals surface area contributed by atoms with Gasteiger partial charge in [-0.15, -0.1) is 0 Å². The highest BCUT2D eigenvalue weighted by molar-refractivity contribution is 4.79. The molecule has 1 fully saturated rings. The van der Waals surface area contributed by atoms with Crippen molar-refractivity contribution in [2.24, 2.45) is 11.8 Å². The molecule has 0 amide bonds. The highest BCUT2D eigenvalue weighted by Crippen LogP contribution is 2.39. The normalized spacial score (nSPS) is 30.8. The van der Waals surface area contributed by atoms with Crippen molar-refractivity contribution < 1.29 is 8.78 Å². The Bertz CT molecular complexity index is 130. The van der Waals surface area contributed by atoms with E-state index in [9.17, 15) is 8.78 Å². The number of alkyl halides is 2. The lowest BCUT2D eigenvalue weighted by Crippen LogP contribution is -2.28. The fraction of sp³-hybridized carbons (Fsp3) is 1.00. The molecule has 0 radical (unpaired) electrons. The topological polar surface area (TPSA) is 0 Å². The van der Waals surface area contributed by atoms with Gasteiger partial charge in [0.05, 0.1) is 0 Å². The van der Waals surface area contributed by atoms with Gasteiger partial charge in [-0.1, -0.05) is 13.8 Å². The number of halogens is 2. The highest BCUT2D eigenvalue weighted by Gasteiger charge is 2.36. The van der Waals surface area contributed by atoms with Gasteiger partial charge < -0.3 is 0 Å². The quantitative estimate of drug-likeness (QED) is 0.553. The van der Waals surface area contributed by atoms with E-state index in [2.05, 4.69) is 0 Å². The molecule has 0 aromatic rings. The maximum absolute atomic E-state index is 12.8. The van der Waals surface area contributed by atoms with E-state index in [0.29, 0.717) is 12.3 Å². The van der Waals surface area contributed by atoms with Crippen molar-refractivity contribution in [3.05, 3.63) is 0 Å². The van der Waals surface area contributed by atoms with Crippen LogP contribution < -0.4 is 0 Å². The maximum Gasteiger partial charge on any atom is 0.248 e. The minimum atomic E-state index is -2.37. The summed E-state index contributed by atoms with van der Waals surface area (Å²) in [5.74, 6) is -1.70. The van der Waals surface area contributed by atoms with Crippen molar-refractivity contribution in [2.45, 2.75) is 45.5 Å². The summed E-state index contributed by atoms with van der Waals surface area (Å²) < 4.78 is 25.6. The highest BCUT2D eigenvalue weighted by atomic mass is 19.3. The second-order valence-corrected chi connectivity index (χ2v) is 3.96. The monoisotopic (exact) mass is 162 g/mol. The van der Waals surface area contributed by atoms with E-state index in [1.54, 1.807) is 0 Å². The number of hydrogen-bond acceptors (Lipinski definition) is 0. The summed E-state index contributed by atoms with van der Waals surface area (Å²) in [5.41, 5.74) is 0. The Morgan fingerprint density at radius 1 is 1.36 bits per heavy atom. The van der Waals surface area contributed by atoms with Gasteiger partial charge >= 0.3 is 0 Å². The molecule has 0 unspecified atom stereocenters. The molecule has 1 atom stereocenters. The third-order valence-corrected chi connectivity index (χ3v) is 2.62. The first kappa shape index (κ1) is 8.95. The van der Waals surface area contributed by atoms with Crippen molar-refractivity contribution in [2.75, 3.05) is 0 Å². The third kappa shape index (κ3) is 2.42. The predicted molar refractivity (Wildman–Crippen MR) is 41.7 cm³/mol. The molecule has 0 spiro atoms. The largest absolute Gasteiger partial charge is 0.248 e. The lowest BCUT2D eigenvalue weighted by molar-refractivity contribution is -0.0595. The van der Waals surface area contributed by atoms with Gasteiger partial charge in [0.1, 0.15) is 0 Å². The summed E-state index contributed by atoms with van der Waals surface area (Å²) in [7, 11) is 0. The van der Waals surface area contributed by atoms with Crippen LogP contribution in [0, 0.1) is 11.8 Å². The fourth-order valence-corrected chi connectivity index (χ4v) is 1.78. The third-order valence-electron chi connectivity index (χ3n) is 2.62. The Balaban J connectivity index is 2.46. The van der Waals surface area contributed by atoms with E-state index in [0.717, 1.165) is 6.42 Å². The minimum Gasteiger partial charge on any atom is -0.207 e. The predicted octanol–water partition coefficient (Wildman–Crippen LogP) is 3.47. The van der Waals surface area contributed by atoms with Crippen LogP contribution in [0.5, 0.6) is 0 Å². The average Bonchev–Trinajstić information content (AvgIpc) is 1.85. The van der Waals surface area contributed by atoms with E-state index in [-0.39, 0.29) is 18.8 Å². The lowest BCUT2D eigenvalue weighted by Gasteiger charge is -2.31. The first-order valence-electron chi connectivity index (χ1n) is 4.39. The number of hydrogen-bond donors (Lipinski definition) is 0. The zero-order valence-electron chi connectivity index (χ0n) is 7.24. The van der Waals surface area contributed by atoms with E-state index < -0.39 is 5.92 Å². The summed E-state index contributed by atoms with van der Waals surface area (Å²) in [6, 6.07) is 0. The smallest absolute Gasteiger partial charge is 0.207 e. The van der Waals surface area contributed by atoms with Crippen molar-refractivity contribution in [1.29, 1.82) is 0 Å². The van der Waals surface area contributed by atoms with Crippen LogP contribution in [-0.2, 0) is 0 Å². The summed E-state index contributed by atoms with van der Waals surface area (Å²) in [6.45, 7) is 4.07. The molecule has 0 saturated heterocycles. The molecule has 66 valence electrons. The summed E-state index contributed by atoms with van der Waals surface area (Å²) in [6.07, 6.45) is 1.92. The first-order valence-corrected chi connectivity index (χ1v) is 4.39. The van der Waals surface area contributed by atoms with Crippen LogP contribution in [0.4, 0.5) is 8.78 Å². The molecular formula is C9H16F2. The van der Waals surface area contributed by atoms with Gasteiger partial charge in [-0.25, -0.2) is 8.78 Å². The van der Waals surface area contributed by atoms with Gasteiger partial charge in [0.15, 0.2) is 0 Å². The van der Waals surface area contributed by atoms with Gasteiger partial charge in [0, 0.05) is 12.8 Å². The Labute approximate surface area is 67.0 Å². The first-order chi connectivity index (χ1) is 5.01. The minimum absolute atomic E-state index is 0.107. The van der Waals surface area contributed by atoms with Crippen molar-refractivity contribution in [3.8, 4) is 0 Å². The Hall–Kier alpha value is -0.140. The molecule has 0 aliphatic heterocycles. The fourth-order valence-electron chi connectivity index (χ4n) is 1.78. The molecule has 0 heterocycles. The molecule has 0 nitrogen and oxygen atoms in total. The Morgan fingerprint density at radius 3 is 2.36 bits per heavy atom. The van der Waals surface area contributed by atoms with Crippen LogP contribution in [-0.4, -0.2) is 5.92 Å². The van der Waals surface area contributed by atoms with Gasteiger partial charge in [-0.3, -0.25) is 0 Å². The molecule has 0 aromatic carbocycles. The van der Waals surface area contributed by atoms with Crippen LogP contribution in [0.15, 0.2) is 0 Å². The average molecular weight is 162 g/mol. The van der Waals surface area contributed by atoms with Gasteiger partial charge in [0.2, 0.25) is 5.92 Å². The van der Waals surface area contributed by atoms with Gasteiger partial charge in [0.25, 0.3) is 0 Å². The summed E-state index contributed by atoms with van der Waals surface area (Å²) in [4.78, 5) is 0. The van der Waals surface area contributed by atoms with Gasteiger partial charge in [-0.2, -0.15) is 0 Å². The molecule has 1 aliphatic carbocycles. The van der Waals surface area contributed by atoms with Gasteiger partial charge in [-0.05, 0) is 24.7 Å². The maximum atomic E-state index is 12.8. The lowest BCUT2D eigenvalue weighted by atomic mass is 9.80. The second-order valence-electron chi connectivity index (χ2n) is 3.96. The van der Waals surface area contributed by atoms with Crippen LogP contribution in [0.25, 0.3) is 0 Å². The Kier molecular flexibility index (Phi) is 2.50.